The van der Waals surface area contributed by atoms with Gasteiger partial charge >= 0.3 is 0 Å². The van der Waals surface area contributed by atoms with Crippen LogP contribution in [0.15, 0.2) is 30.3 Å². The summed E-state index contributed by atoms with van der Waals surface area (Å²) in [5.74, 6) is 1.67. The molecule has 19 heavy (non-hydrogen) atoms. The van der Waals surface area contributed by atoms with Crippen LogP contribution in [-0.4, -0.2) is 13.1 Å². The highest BCUT2D eigenvalue weighted by Crippen LogP contribution is 2.57. The lowest BCUT2D eigenvalue weighted by Crippen LogP contribution is -2.43. The lowest BCUT2D eigenvalue weighted by Gasteiger charge is -2.37. The Bertz CT molecular complexity index is 405. The number of benzene rings is 1. The highest BCUT2D eigenvalue weighted by molar-refractivity contribution is 5.27. The van der Waals surface area contributed by atoms with Crippen molar-refractivity contribution in [3.05, 3.63) is 35.9 Å². The normalized spacial score (nSPS) is 30.2. The van der Waals surface area contributed by atoms with Crippen LogP contribution in [0.25, 0.3) is 0 Å². The molecule has 1 aromatic carbocycles. The van der Waals surface area contributed by atoms with E-state index in [4.69, 9.17) is 0 Å². The summed E-state index contributed by atoms with van der Waals surface area (Å²) >= 11 is 0. The molecule has 2 aliphatic rings. The predicted molar refractivity (Wildman–Crippen MR) is 81.3 cm³/mol. The molecule has 0 saturated heterocycles. The zero-order chi connectivity index (χ0) is 13.3. The molecule has 0 spiro atoms. The van der Waals surface area contributed by atoms with E-state index >= 15 is 0 Å². The molecule has 3 atom stereocenters. The molecule has 0 heterocycles. The molecule has 0 radical (unpaired) electrons. The molecule has 2 fully saturated rings. The van der Waals surface area contributed by atoms with Crippen LogP contribution in [0.3, 0.4) is 0 Å². The molecular formula is C18H27N. The van der Waals surface area contributed by atoms with Crippen molar-refractivity contribution in [1.29, 1.82) is 0 Å². The molecule has 1 N–H and O–H groups in total. The van der Waals surface area contributed by atoms with Crippen molar-refractivity contribution in [2.45, 2.75) is 57.4 Å². The second kappa shape index (κ2) is 5.28. The molecule has 1 aromatic rings. The van der Waals surface area contributed by atoms with E-state index < -0.39 is 0 Å². The van der Waals surface area contributed by atoms with Crippen LogP contribution in [0.1, 0.15) is 56.9 Å². The molecule has 104 valence electrons. The third-order valence-corrected chi connectivity index (χ3v) is 5.77. The smallest absolute Gasteiger partial charge is 0.0155 e. The van der Waals surface area contributed by atoms with Gasteiger partial charge in [0.25, 0.3) is 0 Å². The Labute approximate surface area is 117 Å². The Balaban J connectivity index is 1.75. The molecule has 0 aliphatic heterocycles. The maximum atomic E-state index is 3.70. The fraction of sp³-hybridized carbons (Fsp3) is 0.667. The van der Waals surface area contributed by atoms with Gasteiger partial charge in [-0.3, -0.25) is 0 Å². The minimum Gasteiger partial charge on any atom is -0.316 e. The van der Waals surface area contributed by atoms with E-state index in [1.54, 1.807) is 5.56 Å². The Hall–Kier alpha value is -0.820. The van der Waals surface area contributed by atoms with E-state index in [0.717, 1.165) is 17.9 Å². The van der Waals surface area contributed by atoms with E-state index in [2.05, 4.69) is 49.6 Å². The van der Waals surface area contributed by atoms with Crippen LogP contribution in [-0.2, 0) is 0 Å². The Morgan fingerprint density at radius 3 is 2.47 bits per heavy atom. The topological polar surface area (TPSA) is 12.0 Å². The maximum absolute atomic E-state index is 3.70. The largest absolute Gasteiger partial charge is 0.316 e. The number of hydrogen-bond donors (Lipinski definition) is 1. The van der Waals surface area contributed by atoms with E-state index in [-0.39, 0.29) is 0 Å². The first kappa shape index (κ1) is 13.2. The van der Waals surface area contributed by atoms with Crippen molar-refractivity contribution in [2.24, 2.45) is 11.3 Å². The summed E-state index contributed by atoms with van der Waals surface area (Å²) in [7, 11) is 2.18. The average molecular weight is 257 g/mol. The van der Waals surface area contributed by atoms with Gasteiger partial charge in [-0.05, 0) is 55.5 Å². The van der Waals surface area contributed by atoms with Crippen LogP contribution in [0.5, 0.6) is 0 Å². The van der Waals surface area contributed by atoms with Crippen LogP contribution in [0.2, 0.25) is 0 Å². The number of nitrogens with one attached hydrogen (secondary N) is 1. The fourth-order valence-electron chi connectivity index (χ4n) is 4.60. The van der Waals surface area contributed by atoms with E-state index in [9.17, 15) is 0 Å². The summed E-state index contributed by atoms with van der Waals surface area (Å²) in [5, 5.41) is 3.70. The van der Waals surface area contributed by atoms with E-state index in [1.165, 1.54) is 38.5 Å². The van der Waals surface area contributed by atoms with Crippen LogP contribution < -0.4 is 5.32 Å². The Kier molecular flexibility index (Phi) is 3.66. The zero-order valence-electron chi connectivity index (χ0n) is 12.4. The molecule has 3 rings (SSSR count). The minimum atomic E-state index is 0.586. The van der Waals surface area contributed by atoms with Crippen LogP contribution in [0, 0.1) is 11.3 Å². The molecule has 1 heteroatoms. The molecule has 2 aliphatic carbocycles. The summed E-state index contributed by atoms with van der Waals surface area (Å²) in [6.07, 6.45) is 8.48. The molecule has 3 unspecified atom stereocenters. The minimum absolute atomic E-state index is 0.586. The first-order valence-electron chi connectivity index (χ1n) is 8.03. The molecule has 0 bridgehead atoms. The lowest BCUT2D eigenvalue weighted by atomic mass is 9.73. The second-order valence-corrected chi connectivity index (χ2v) is 6.61. The van der Waals surface area contributed by atoms with Gasteiger partial charge < -0.3 is 5.32 Å². The summed E-state index contributed by atoms with van der Waals surface area (Å²) in [4.78, 5) is 0. The Morgan fingerprint density at radius 2 is 1.89 bits per heavy atom. The third-order valence-electron chi connectivity index (χ3n) is 5.77. The van der Waals surface area contributed by atoms with Gasteiger partial charge in [-0.15, -0.1) is 0 Å². The van der Waals surface area contributed by atoms with Crippen LogP contribution in [0.4, 0.5) is 0 Å². The third kappa shape index (κ3) is 2.33. The second-order valence-electron chi connectivity index (χ2n) is 6.61. The highest BCUT2D eigenvalue weighted by atomic mass is 14.9. The highest BCUT2D eigenvalue weighted by Gasteiger charge is 2.51. The summed E-state index contributed by atoms with van der Waals surface area (Å²) in [6.45, 7) is 2.40. The number of hydrogen-bond acceptors (Lipinski definition) is 1. The predicted octanol–water partition coefficient (Wildman–Crippen LogP) is 4.35. The van der Waals surface area contributed by atoms with Crippen molar-refractivity contribution >= 4 is 0 Å². The first-order valence-corrected chi connectivity index (χ1v) is 8.03. The maximum Gasteiger partial charge on any atom is 0.0155 e. The molecule has 0 amide bonds. The summed E-state index contributed by atoms with van der Waals surface area (Å²) in [5.41, 5.74) is 2.14. The fourth-order valence-corrected chi connectivity index (χ4v) is 4.60. The summed E-state index contributed by atoms with van der Waals surface area (Å²) < 4.78 is 0. The lowest BCUT2D eigenvalue weighted by molar-refractivity contribution is 0.172. The van der Waals surface area contributed by atoms with Gasteiger partial charge in [0.1, 0.15) is 0 Å². The van der Waals surface area contributed by atoms with Gasteiger partial charge in [-0.1, -0.05) is 50.1 Å². The standard InChI is InChI=1S/C18H27N/c1-3-18(11-7-8-12-18)17(19-2)16-13-15(16)14-9-5-4-6-10-14/h4-6,9-10,15-17,19H,3,7-8,11-13H2,1-2H3. The quantitative estimate of drug-likeness (QED) is 0.827. The van der Waals surface area contributed by atoms with Crippen molar-refractivity contribution in [1.82, 2.24) is 5.32 Å². The molecule has 0 aromatic heterocycles. The van der Waals surface area contributed by atoms with Gasteiger partial charge in [0.2, 0.25) is 0 Å². The van der Waals surface area contributed by atoms with Gasteiger partial charge in [-0.25, -0.2) is 0 Å². The first-order chi connectivity index (χ1) is 9.30. The molecular weight excluding hydrogens is 230 g/mol. The summed E-state index contributed by atoms with van der Waals surface area (Å²) in [6, 6.07) is 11.8. The van der Waals surface area contributed by atoms with Crippen molar-refractivity contribution in [2.75, 3.05) is 7.05 Å². The number of rotatable bonds is 5. The SMILES string of the molecule is CCC1(C(NC)C2CC2c2ccccc2)CCCC1. The van der Waals surface area contributed by atoms with Crippen LogP contribution >= 0.6 is 0 Å². The monoisotopic (exact) mass is 257 g/mol. The van der Waals surface area contributed by atoms with Gasteiger partial charge in [0.15, 0.2) is 0 Å². The van der Waals surface area contributed by atoms with Crippen molar-refractivity contribution < 1.29 is 0 Å². The van der Waals surface area contributed by atoms with Gasteiger partial charge in [-0.2, -0.15) is 0 Å². The Morgan fingerprint density at radius 1 is 1.21 bits per heavy atom. The molecule has 2 saturated carbocycles. The van der Waals surface area contributed by atoms with E-state index in [0.29, 0.717) is 5.41 Å². The van der Waals surface area contributed by atoms with Crippen molar-refractivity contribution in [3.8, 4) is 0 Å². The molecule has 1 nitrogen and oxygen atoms in total. The van der Waals surface area contributed by atoms with Gasteiger partial charge in [0.05, 0.1) is 0 Å². The van der Waals surface area contributed by atoms with E-state index in [1.807, 2.05) is 0 Å². The van der Waals surface area contributed by atoms with Crippen molar-refractivity contribution in [3.63, 3.8) is 0 Å². The van der Waals surface area contributed by atoms with Gasteiger partial charge in [0, 0.05) is 6.04 Å². The zero-order valence-corrected chi connectivity index (χ0v) is 12.4. The average Bonchev–Trinajstić information content (AvgIpc) is 3.09.